The van der Waals surface area contributed by atoms with Crippen molar-refractivity contribution in [3.63, 3.8) is 0 Å². The predicted octanol–water partition coefficient (Wildman–Crippen LogP) is 2.99. The molecule has 1 unspecified atom stereocenters. The lowest BCUT2D eigenvalue weighted by Crippen LogP contribution is -2.08. The van der Waals surface area contributed by atoms with Crippen LogP contribution in [-0.4, -0.2) is 30.9 Å². The standard InChI is InChI=1S/C18H17N3O3/c1-11-3-5-13(6-4-11)14-7-15(18(23)24)9-16(8-14)21-17(12(2)22)19-10-20-21/h3-10,12,22H,1-2H3,(H,23,24). The molecular formula is C18H17N3O3. The molecule has 0 spiro atoms. The number of hydrogen-bond donors (Lipinski definition) is 2. The molecule has 122 valence electrons. The second-order valence-electron chi connectivity index (χ2n) is 5.65. The zero-order valence-electron chi connectivity index (χ0n) is 13.3. The SMILES string of the molecule is Cc1ccc(-c2cc(C(=O)O)cc(-n3ncnc3C(C)O)c2)cc1. The Morgan fingerprint density at radius 2 is 1.83 bits per heavy atom. The van der Waals surface area contributed by atoms with Gasteiger partial charge in [0.1, 0.15) is 12.4 Å². The minimum atomic E-state index is -1.02. The van der Waals surface area contributed by atoms with Crippen molar-refractivity contribution in [3.8, 4) is 16.8 Å². The van der Waals surface area contributed by atoms with Crippen LogP contribution in [0.1, 0.15) is 34.8 Å². The average molecular weight is 323 g/mol. The molecule has 1 atom stereocenters. The Balaban J connectivity index is 2.18. The summed E-state index contributed by atoms with van der Waals surface area (Å²) in [7, 11) is 0. The first-order chi connectivity index (χ1) is 11.5. The van der Waals surface area contributed by atoms with Gasteiger partial charge in [0.2, 0.25) is 0 Å². The number of hydrogen-bond acceptors (Lipinski definition) is 4. The zero-order valence-corrected chi connectivity index (χ0v) is 13.3. The van der Waals surface area contributed by atoms with Crippen molar-refractivity contribution in [1.29, 1.82) is 0 Å². The summed E-state index contributed by atoms with van der Waals surface area (Å²) in [5, 5.41) is 23.3. The normalized spacial score (nSPS) is 12.1. The first-order valence-corrected chi connectivity index (χ1v) is 7.49. The van der Waals surface area contributed by atoms with E-state index in [1.807, 2.05) is 37.3 Å². The summed E-state index contributed by atoms with van der Waals surface area (Å²) in [5.74, 6) is -0.670. The van der Waals surface area contributed by atoms with Crippen molar-refractivity contribution in [3.05, 3.63) is 65.7 Å². The molecule has 6 heteroatoms. The molecule has 0 amide bonds. The van der Waals surface area contributed by atoms with Crippen molar-refractivity contribution >= 4 is 5.97 Å². The van der Waals surface area contributed by atoms with Gasteiger partial charge in [0, 0.05) is 0 Å². The highest BCUT2D eigenvalue weighted by Gasteiger charge is 2.15. The van der Waals surface area contributed by atoms with Crippen LogP contribution in [0.25, 0.3) is 16.8 Å². The molecule has 0 radical (unpaired) electrons. The van der Waals surface area contributed by atoms with Crippen LogP contribution < -0.4 is 0 Å². The van der Waals surface area contributed by atoms with Gasteiger partial charge in [-0.15, -0.1) is 0 Å². The van der Waals surface area contributed by atoms with Crippen LogP contribution in [0.5, 0.6) is 0 Å². The van der Waals surface area contributed by atoms with E-state index < -0.39 is 12.1 Å². The lowest BCUT2D eigenvalue weighted by molar-refractivity contribution is 0.0697. The third-order valence-corrected chi connectivity index (χ3v) is 3.74. The molecule has 0 aliphatic heterocycles. The molecular weight excluding hydrogens is 306 g/mol. The molecule has 24 heavy (non-hydrogen) atoms. The van der Waals surface area contributed by atoms with E-state index in [0.717, 1.165) is 16.7 Å². The number of rotatable bonds is 4. The summed E-state index contributed by atoms with van der Waals surface area (Å²) in [5.41, 5.74) is 3.48. The van der Waals surface area contributed by atoms with E-state index in [1.54, 1.807) is 13.0 Å². The van der Waals surface area contributed by atoms with Gasteiger partial charge in [-0.25, -0.2) is 14.5 Å². The van der Waals surface area contributed by atoms with E-state index in [1.165, 1.54) is 17.1 Å². The summed E-state index contributed by atoms with van der Waals surface area (Å²) < 4.78 is 1.45. The quantitative estimate of drug-likeness (QED) is 0.770. The number of aryl methyl sites for hydroxylation is 1. The molecule has 1 aromatic heterocycles. The Hall–Kier alpha value is -2.99. The fourth-order valence-electron chi connectivity index (χ4n) is 2.50. The van der Waals surface area contributed by atoms with E-state index in [4.69, 9.17) is 0 Å². The van der Waals surface area contributed by atoms with Gasteiger partial charge >= 0.3 is 5.97 Å². The Morgan fingerprint density at radius 1 is 1.12 bits per heavy atom. The molecule has 0 bridgehead atoms. The number of carbonyl (C=O) groups is 1. The molecule has 6 nitrogen and oxygen atoms in total. The van der Waals surface area contributed by atoms with E-state index in [0.29, 0.717) is 11.5 Å². The first kappa shape index (κ1) is 15.9. The van der Waals surface area contributed by atoms with Gasteiger partial charge in [-0.3, -0.25) is 0 Å². The number of benzene rings is 2. The molecule has 2 N–H and O–H groups in total. The van der Waals surface area contributed by atoms with Crippen LogP contribution in [0.15, 0.2) is 48.8 Å². The minimum Gasteiger partial charge on any atom is -0.478 e. The second-order valence-corrected chi connectivity index (χ2v) is 5.65. The van der Waals surface area contributed by atoms with Crippen molar-refractivity contribution < 1.29 is 15.0 Å². The Kier molecular flexibility index (Phi) is 4.14. The van der Waals surface area contributed by atoms with Crippen LogP contribution >= 0.6 is 0 Å². The van der Waals surface area contributed by atoms with Crippen LogP contribution in [-0.2, 0) is 0 Å². The lowest BCUT2D eigenvalue weighted by Gasteiger charge is -2.11. The molecule has 0 saturated heterocycles. The summed E-state index contributed by atoms with van der Waals surface area (Å²) in [6.07, 6.45) is 0.518. The second kappa shape index (κ2) is 6.25. The van der Waals surface area contributed by atoms with Crippen LogP contribution in [0, 0.1) is 6.92 Å². The number of aliphatic hydroxyl groups is 1. The maximum absolute atomic E-state index is 11.5. The minimum absolute atomic E-state index is 0.148. The van der Waals surface area contributed by atoms with Gasteiger partial charge in [0.05, 0.1) is 11.3 Å². The fraction of sp³-hybridized carbons (Fsp3) is 0.167. The molecule has 2 aromatic carbocycles. The van der Waals surface area contributed by atoms with E-state index in [-0.39, 0.29) is 5.56 Å². The number of aromatic nitrogens is 3. The van der Waals surface area contributed by atoms with Crippen molar-refractivity contribution in [2.24, 2.45) is 0 Å². The highest BCUT2D eigenvalue weighted by molar-refractivity contribution is 5.90. The Labute approximate surface area is 139 Å². The molecule has 0 aliphatic rings. The largest absolute Gasteiger partial charge is 0.478 e. The highest BCUT2D eigenvalue weighted by atomic mass is 16.4. The summed E-state index contributed by atoms with van der Waals surface area (Å²) >= 11 is 0. The molecule has 0 saturated carbocycles. The van der Waals surface area contributed by atoms with Crippen LogP contribution in [0.3, 0.4) is 0 Å². The Bertz CT molecular complexity index is 883. The maximum Gasteiger partial charge on any atom is 0.335 e. The Morgan fingerprint density at radius 3 is 2.46 bits per heavy atom. The molecule has 3 aromatic rings. The van der Waals surface area contributed by atoms with E-state index in [9.17, 15) is 15.0 Å². The molecule has 0 fully saturated rings. The number of nitrogens with zero attached hydrogens (tertiary/aromatic N) is 3. The number of aliphatic hydroxyl groups excluding tert-OH is 1. The monoisotopic (exact) mass is 323 g/mol. The van der Waals surface area contributed by atoms with E-state index >= 15 is 0 Å². The smallest absolute Gasteiger partial charge is 0.335 e. The third kappa shape index (κ3) is 3.04. The van der Waals surface area contributed by atoms with E-state index in [2.05, 4.69) is 10.1 Å². The predicted molar refractivity (Wildman–Crippen MR) is 89.1 cm³/mol. The topological polar surface area (TPSA) is 88.2 Å². The van der Waals surface area contributed by atoms with Crippen molar-refractivity contribution in [1.82, 2.24) is 14.8 Å². The molecule has 3 rings (SSSR count). The average Bonchev–Trinajstić information content (AvgIpc) is 3.05. The van der Waals surface area contributed by atoms with Gasteiger partial charge in [-0.1, -0.05) is 29.8 Å². The number of carboxylic acids is 1. The van der Waals surface area contributed by atoms with Crippen molar-refractivity contribution in [2.75, 3.05) is 0 Å². The summed E-state index contributed by atoms with van der Waals surface area (Å²) in [4.78, 5) is 15.5. The highest BCUT2D eigenvalue weighted by Crippen LogP contribution is 2.26. The molecule has 0 aliphatic carbocycles. The van der Waals surface area contributed by atoms with Gasteiger partial charge < -0.3 is 10.2 Å². The van der Waals surface area contributed by atoms with Gasteiger partial charge in [-0.2, -0.15) is 5.10 Å². The summed E-state index contributed by atoms with van der Waals surface area (Å²) in [6.45, 7) is 3.58. The number of aromatic carboxylic acids is 1. The van der Waals surface area contributed by atoms with Crippen LogP contribution in [0.4, 0.5) is 0 Å². The fourth-order valence-corrected chi connectivity index (χ4v) is 2.50. The summed E-state index contributed by atoms with van der Waals surface area (Å²) in [6, 6.07) is 12.8. The van der Waals surface area contributed by atoms with Gasteiger partial charge in [0.15, 0.2) is 5.82 Å². The molecule has 1 heterocycles. The lowest BCUT2D eigenvalue weighted by atomic mass is 10.0. The number of carboxylic acid groups (broad SMARTS) is 1. The zero-order chi connectivity index (χ0) is 17.3. The first-order valence-electron chi connectivity index (χ1n) is 7.49. The third-order valence-electron chi connectivity index (χ3n) is 3.74. The van der Waals surface area contributed by atoms with Gasteiger partial charge in [0.25, 0.3) is 0 Å². The maximum atomic E-state index is 11.5. The van der Waals surface area contributed by atoms with Crippen LogP contribution in [0.2, 0.25) is 0 Å². The van der Waals surface area contributed by atoms with Gasteiger partial charge in [-0.05, 0) is 43.2 Å². The van der Waals surface area contributed by atoms with Crippen molar-refractivity contribution in [2.45, 2.75) is 20.0 Å².